The second-order valence-corrected chi connectivity index (χ2v) is 6.39. The summed E-state index contributed by atoms with van der Waals surface area (Å²) >= 11 is 0. The number of rotatable bonds is 9. The largest absolute Gasteiger partial charge is 0.469 e. The van der Waals surface area contributed by atoms with Gasteiger partial charge in [-0.1, -0.05) is 12.1 Å². The third kappa shape index (κ3) is 5.29. The van der Waals surface area contributed by atoms with Crippen molar-refractivity contribution >= 4 is 17.7 Å². The van der Waals surface area contributed by atoms with E-state index in [0.717, 1.165) is 17.0 Å². The van der Waals surface area contributed by atoms with Gasteiger partial charge in [-0.2, -0.15) is 0 Å². The second-order valence-electron chi connectivity index (χ2n) is 6.39. The molecule has 0 amide bonds. The second kappa shape index (κ2) is 9.85. The highest BCUT2D eigenvalue weighted by molar-refractivity contribution is 6.00. The predicted octanol–water partition coefficient (Wildman–Crippen LogP) is 2.85. The van der Waals surface area contributed by atoms with E-state index in [1.807, 2.05) is 11.5 Å². The van der Waals surface area contributed by atoms with E-state index >= 15 is 0 Å². The Labute approximate surface area is 164 Å². The first kappa shape index (κ1) is 21.4. The molecule has 0 aliphatic carbocycles. The van der Waals surface area contributed by atoms with Crippen molar-refractivity contribution in [2.24, 2.45) is 0 Å². The Morgan fingerprint density at radius 2 is 1.71 bits per heavy atom. The summed E-state index contributed by atoms with van der Waals surface area (Å²) in [5, 5.41) is 0. The number of carbonyl (C=O) groups excluding carboxylic acids is 3. The summed E-state index contributed by atoms with van der Waals surface area (Å²) < 4.78 is 16.7. The summed E-state index contributed by atoms with van der Waals surface area (Å²) in [4.78, 5) is 36.0. The molecule has 1 heterocycles. The zero-order chi connectivity index (χ0) is 20.7. The van der Waals surface area contributed by atoms with Crippen molar-refractivity contribution in [1.82, 2.24) is 4.57 Å². The standard InChI is InChI=1S/C21H25NO6/c1-14-11-18(15(2)22(14)10-9-20(24)27-4)19(23)13-28-21(25)17-7-5-16(6-8-17)12-26-3/h5-8,11H,9-10,12-13H2,1-4H3. The van der Waals surface area contributed by atoms with Gasteiger partial charge in [0.05, 0.1) is 25.7 Å². The van der Waals surface area contributed by atoms with Crippen molar-refractivity contribution in [2.75, 3.05) is 20.8 Å². The Morgan fingerprint density at radius 1 is 1.04 bits per heavy atom. The van der Waals surface area contributed by atoms with Gasteiger partial charge in [0.15, 0.2) is 6.61 Å². The lowest BCUT2D eigenvalue weighted by Gasteiger charge is -2.09. The van der Waals surface area contributed by atoms with Gasteiger partial charge in [0.1, 0.15) is 0 Å². The maximum absolute atomic E-state index is 12.5. The third-order valence-corrected chi connectivity index (χ3v) is 4.48. The smallest absolute Gasteiger partial charge is 0.338 e. The summed E-state index contributed by atoms with van der Waals surface area (Å²) in [6.45, 7) is 4.19. The molecular formula is C21H25NO6. The third-order valence-electron chi connectivity index (χ3n) is 4.48. The molecule has 28 heavy (non-hydrogen) atoms. The topological polar surface area (TPSA) is 83.8 Å². The zero-order valence-electron chi connectivity index (χ0n) is 16.6. The fourth-order valence-corrected chi connectivity index (χ4v) is 2.93. The summed E-state index contributed by atoms with van der Waals surface area (Å²) in [6, 6.07) is 8.57. The summed E-state index contributed by atoms with van der Waals surface area (Å²) in [7, 11) is 2.94. The maximum Gasteiger partial charge on any atom is 0.338 e. The van der Waals surface area contributed by atoms with Gasteiger partial charge in [-0.3, -0.25) is 9.59 Å². The summed E-state index contributed by atoms with van der Waals surface area (Å²) in [5.41, 5.74) is 3.37. The van der Waals surface area contributed by atoms with Crippen LogP contribution in [0.4, 0.5) is 0 Å². The summed E-state index contributed by atoms with van der Waals surface area (Å²) in [6.07, 6.45) is 0.217. The Hall–Kier alpha value is -2.93. The SMILES string of the molecule is COCc1ccc(C(=O)OCC(=O)c2cc(C)n(CCC(=O)OC)c2C)cc1. The number of hydrogen-bond donors (Lipinski definition) is 0. The molecule has 0 atom stereocenters. The molecule has 0 bridgehead atoms. The zero-order valence-corrected chi connectivity index (χ0v) is 16.6. The molecule has 2 rings (SSSR count). The van der Waals surface area contributed by atoms with Gasteiger partial charge in [-0.25, -0.2) is 4.79 Å². The molecule has 0 aliphatic heterocycles. The van der Waals surface area contributed by atoms with Gasteiger partial charge < -0.3 is 18.8 Å². The van der Waals surface area contributed by atoms with Crippen LogP contribution in [-0.4, -0.2) is 43.1 Å². The average Bonchev–Trinajstić information content (AvgIpc) is 2.98. The van der Waals surface area contributed by atoms with Gasteiger partial charge in [-0.15, -0.1) is 0 Å². The molecule has 0 spiro atoms. The lowest BCUT2D eigenvalue weighted by Crippen LogP contribution is -2.15. The first-order chi connectivity index (χ1) is 13.4. The van der Waals surface area contributed by atoms with E-state index in [-0.39, 0.29) is 24.8 Å². The molecule has 0 radical (unpaired) electrons. The van der Waals surface area contributed by atoms with Crippen LogP contribution in [0.3, 0.4) is 0 Å². The van der Waals surface area contributed by atoms with Crippen LogP contribution < -0.4 is 0 Å². The molecule has 0 N–H and O–H groups in total. The van der Waals surface area contributed by atoms with Gasteiger partial charge in [0, 0.05) is 30.6 Å². The van der Waals surface area contributed by atoms with E-state index in [2.05, 4.69) is 4.74 Å². The molecule has 1 aromatic heterocycles. The number of nitrogens with zero attached hydrogens (tertiary/aromatic N) is 1. The molecule has 7 nitrogen and oxygen atoms in total. The lowest BCUT2D eigenvalue weighted by molar-refractivity contribution is -0.140. The highest BCUT2D eigenvalue weighted by Gasteiger charge is 2.18. The minimum Gasteiger partial charge on any atom is -0.469 e. The first-order valence-electron chi connectivity index (χ1n) is 8.89. The maximum atomic E-state index is 12.5. The normalized spacial score (nSPS) is 10.6. The average molecular weight is 387 g/mol. The monoisotopic (exact) mass is 387 g/mol. The highest BCUT2D eigenvalue weighted by atomic mass is 16.5. The van der Waals surface area contributed by atoms with E-state index in [9.17, 15) is 14.4 Å². The van der Waals surface area contributed by atoms with Crippen molar-refractivity contribution in [3.8, 4) is 0 Å². The van der Waals surface area contributed by atoms with Gasteiger partial charge in [-0.05, 0) is 37.6 Å². The number of benzene rings is 1. The molecule has 0 saturated carbocycles. The predicted molar refractivity (Wildman–Crippen MR) is 102 cm³/mol. The van der Waals surface area contributed by atoms with Crippen LogP contribution in [0.15, 0.2) is 30.3 Å². The van der Waals surface area contributed by atoms with Crippen molar-refractivity contribution < 1.29 is 28.6 Å². The molecule has 2 aromatic rings. The Bertz CT molecular complexity index is 851. The van der Waals surface area contributed by atoms with Crippen molar-refractivity contribution in [3.05, 3.63) is 58.4 Å². The van der Waals surface area contributed by atoms with Crippen LogP contribution in [0.5, 0.6) is 0 Å². The van der Waals surface area contributed by atoms with E-state index < -0.39 is 5.97 Å². The minimum absolute atomic E-state index is 0.217. The molecule has 0 saturated heterocycles. The molecule has 0 aliphatic rings. The van der Waals surface area contributed by atoms with Crippen LogP contribution in [0, 0.1) is 13.8 Å². The minimum atomic E-state index is -0.559. The van der Waals surface area contributed by atoms with Crippen LogP contribution in [-0.2, 0) is 32.2 Å². The summed E-state index contributed by atoms with van der Waals surface area (Å²) in [5.74, 6) is -1.16. The van der Waals surface area contributed by atoms with Crippen LogP contribution in [0.25, 0.3) is 0 Å². The van der Waals surface area contributed by atoms with E-state index in [1.165, 1.54) is 7.11 Å². The van der Waals surface area contributed by atoms with Gasteiger partial charge in [0.2, 0.25) is 5.78 Å². The quantitative estimate of drug-likeness (QED) is 0.486. The van der Waals surface area contributed by atoms with Crippen molar-refractivity contribution in [3.63, 3.8) is 0 Å². The lowest BCUT2D eigenvalue weighted by atomic mass is 10.1. The van der Waals surface area contributed by atoms with E-state index in [1.54, 1.807) is 44.4 Å². The van der Waals surface area contributed by atoms with Gasteiger partial charge in [0.25, 0.3) is 0 Å². The van der Waals surface area contributed by atoms with E-state index in [0.29, 0.717) is 24.3 Å². The van der Waals surface area contributed by atoms with Crippen LogP contribution >= 0.6 is 0 Å². The highest BCUT2D eigenvalue weighted by Crippen LogP contribution is 2.17. The Balaban J connectivity index is 1.99. The van der Waals surface area contributed by atoms with Crippen LogP contribution in [0.1, 0.15) is 44.1 Å². The molecule has 0 fully saturated rings. The Morgan fingerprint density at radius 3 is 2.32 bits per heavy atom. The number of aryl methyl sites for hydroxylation is 1. The van der Waals surface area contributed by atoms with Gasteiger partial charge >= 0.3 is 11.9 Å². The molecular weight excluding hydrogens is 362 g/mol. The fourth-order valence-electron chi connectivity index (χ4n) is 2.93. The Kier molecular flexibility index (Phi) is 7.52. The number of aromatic nitrogens is 1. The fraction of sp³-hybridized carbons (Fsp3) is 0.381. The number of carbonyl (C=O) groups is 3. The number of esters is 2. The number of ether oxygens (including phenoxy) is 3. The molecule has 0 unspecified atom stereocenters. The first-order valence-corrected chi connectivity index (χ1v) is 8.89. The molecule has 1 aromatic carbocycles. The van der Waals surface area contributed by atoms with Crippen molar-refractivity contribution in [2.45, 2.75) is 33.4 Å². The number of methoxy groups -OCH3 is 2. The van der Waals surface area contributed by atoms with Crippen LogP contribution in [0.2, 0.25) is 0 Å². The molecule has 7 heteroatoms. The van der Waals surface area contributed by atoms with E-state index in [4.69, 9.17) is 9.47 Å². The number of Topliss-reactive ketones (excluding diaryl/α,β-unsaturated/α-hetero) is 1. The number of ketones is 1. The number of hydrogen-bond acceptors (Lipinski definition) is 6. The molecule has 150 valence electrons. The van der Waals surface area contributed by atoms with Crippen molar-refractivity contribution in [1.29, 1.82) is 0 Å².